The molecular formula is C32H37Cl2N3O4S. The van der Waals surface area contributed by atoms with Crippen molar-refractivity contribution in [3.8, 4) is 0 Å². The van der Waals surface area contributed by atoms with E-state index < -0.39 is 28.5 Å². The van der Waals surface area contributed by atoms with Crippen molar-refractivity contribution < 1.29 is 18.0 Å². The summed E-state index contributed by atoms with van der Waals surface area (Å²) in [5.41, 5.74) is 1.86. The highest BCUT2D eigenvalue weighted by atomic mass is 35.5. The monoisotopic (exact) mass is 629 g/mol. The van der Waals surface area contributed by atoms with Gasteiger partial charge in [0.25, 0.3) is 10.0 Å². The van der Waals surface area contributed by atoms with Crippen molar-refractivity contribution in [1.82, 2.24) is 10.2 Å². The van der Waals surface area contributed by atoms with Gasteiger partial charge in [-0.25, -0.2) is 8.42 Å². The third-order valence-corrected chi connectivity index (χ3v) is 10.2. The lowest BCUT2D eigenvalue weighted by Gasteiger charge is -2.33. The van der Waals surface area contributed by atoms with Crippen LogP contribution in [-0.2, 0) is 26.2 Å². The summed E-state index contributed by atoms with van der Waals surface area (Å²) in [6.45, 7) is 5.14. The Labute approximate surface area is 258 Å². The Bertz CT molecular complexity index is 1470. The van der Waals surface area contributed by atoms with Crippen LogP contribution in [-0.4, -0.2) is 43.8 Å². The van der Waals surface area contributed by atoms with Crippen LogP contribution in [0.15, 0.2) is 77.7 Å². The highest BCUT2D eigenvalue weighted by Gasteiger charge is 2.34. The molecule has 0 aromatic heterocycles. The molecule has 1 fully saturated rings. The van der Waals surface area contributed by atoms with E-state index in [1.807, 2.05) is 26.0 Å². The van der Waals surface area contributed by atoms with Gasteiger partial charge < -0.3 is 10.2 Å². The Morgan fingerprint density at radius 2 is 1.48 bits per heavy atom. The van der Waals surface area contributed by atoms with Gasteiger partial charge in [-0.2, -0.15) is 0 Å². The van der Waals surface area contributed by atoms with Crippen molar-refractivity contribution in [1.29, 1.82) is 0 Å². The molecular weight excluding hydrogens is 593 g/mol. The number of benzene rings is 3. The lowest BCUT2D eigenvalue weighted by molar-refractivity contribution is -0.139. The molecule has 0 spiro atoms. The summed E-state index contributed by atoms with van der Waals surface area (Å²) < 4.78 is 29.0. The van der Waals surface area contributed by atoms with Crippen molar-refractivity contribution in [2.45, 2.75) is 75.9 Å². The molecule has 1 N–H and O–H groups in total. The molecule has 10 heteroatoms. The van der Waals surface area contributed by atoms with Gasteiger partial charge in [0.15, 0.2) is 0 Å². The molecule has 3 aromatic rings. The Kier molecular flexibility index (Phi) is 10.6. The number of amides is 2. The van der Waals surface area contributed by atoms with Crippen LogP contribution in [0.4, 0.5) is 5.69 Å². The number of anilines is 1. The molecule has 0 unspecified atom stereocenters. The zero-order valence-corrected chi connectivity index (χ0v) is 26.4. The van der Waals surface area contributed by atoms with Gasteiger partial charge in [-0.05, 0) is 67.6 Å². The number of sulfonamides is 1. The molecule has 0 saturated heterocycles. The predicted molar refractivity (Wildman–Crippen MR) is 168 cm³/mol. The SMILES string of the molecule is CC(C)c1ccc(N(CC(=O)N(Cc2c(Cl)cccc2Cl)[C@@H](C)C(=O)NC2CCCC2)S(=O)(=O)c2ccccc2)cc1. The fourth-order valence-corrected chi connectivity index (χ4v) is 7.05. The number of rotatable bonds is 11. The standard InChI is InChI=1S/C32H37Cl2N3O4S/c1-22(2)24-16-18-26(19-17-24)37(42(40,41)27-12-5-4-6-13-27)21-31(38)36(20-28-29(33)14-9-15-30(28)34)23(3)32(39)35-25-10-7-8-11-25/h4-6,9,12-19,22-23,25H,7-8,10-11,20-21H2,1-3H3,(H,35,39)/t23-/m0/s1. The number of carbonyl (C=O) groups excluding carboxylic acids is 2. The highest BCUT2D eigenvalue weighted by molar-refractivity contribution is 7.92. The van der Waals surface area contributed by atoms with Crippen LogP contribution in [0.3, 0.4) is 0 Å². The summed E-state index contributed by atoms with van der Waals surface area (Å²) in [5, 5.41) is 3.75. The molecule has 1 aliphatic rings. The molecule has 1 atom stereocenters. The van der Waals surface area contributed by atoms with Gasteiger partial charge in [0.05, 0.1) is 10.6 Å². The lowest BCUT2D eigenvalue weighted by atomic mass is 10.0. The van der Waals surface area contributed by atoms with Gasteiger partial charge in [-0.1, -0.05) is 86.3 Å². The third-order valence-electron chi connectivity index (χ3n) is 7.72. The lowest BCUT2D eigenvalue weighted by Crippen LogP contribution is -2.52. The van der Waals surface area contributed by atoms with E-state index in [0.29, 0.717) is 21.3 Å². The van der Waals surface area contributed by atoms with E-state index >= 15 is 0 Å². The maximum Gasteiger partial charge on any atom is 0.264 e. The molecule has 4 rings (SSSR count). The topological polar surface area (TPSA) is 86.8 Å². The zero-order valence-electron chi connectivity index (χ0n) is 24.1. The molecule has 3 aromatic carbocycles. The van der Waals surface area contributed by atoms with E-state index in [0.717, 1.165) is 35.6 Å². The molecule has 7 nitrogen and oxygen atoms in total. The van der Waals surface area contributed by atoms with Gasteiger partial charge in [0.2, 0.25) is 11.8 Å². The largest absolute Gasteiger partial charge is 0.352 e. The first kappa shape index (κ1) is 31.9. The first-order valence-corrected chi connectivity index (χ1v) is 16.4. The maximum atomic E-state index is 14.1. The molecule has 0 heterocycles. The molecule has 0 bridgehead atoms. The second-order valence-electron chi connectivity index (χ2n) is 11.0. The molecule has 2 amide bonds. The molecule has 42 heavy (non-hydrogen) atoms. The summed E-state index contributed by atoms with van der Waals surface area (Å²) >= 11 is 12.9. The molecule has 1 saturated carbocycles. The number of hydrogen-bond donors (Lipinski definition) is 1. The van der Waals surface area contributed by atoms with Crippen LogP contribution >= 0.6 is 23.2 Å². The summed E-state index contributed by atoms with van der Waals surface area (Å²) in [6, 6.07) is 19.3. The molecule has 1 aliphatic carbocycles. The summed E-state index contributed by atoms with van der Waals surface area (Å²) in [4.78, 5) is 28.9. The first-order chi connectivity index (χ1) is 20.0. The van der Waals surface area contributed by atoms with Crippen molar-refractivity contribution in [3.63, 3.8) is 0 Å². The number of halogens is 2. The average molecular weight is 631 g/mol. The van der Waals surface area contributed by atoms with E-state index in [4.69, 9.17) is 23.2 Å². The van der Waals surface area contributed by atoms with Crippen LogP contribution in [0, 0.1) is 0 Å². The number of hydrogen-bond acceptors (Lipinski definition) is 4. The van der Waals surface area contributed by atoms with Crippen molar-refractivity contribution in [3.05, 3.63) is 94.0 Å². The van der Waals surface area contributed by atoms with Crippen molar-refractivity contribution in [2.75, 3.05) is 10.8 Å². The number of carbonyl (C=O) groups is 2. The van der Waals surface area contributed by atoms with Crippen LogP contribution < -0.4 is 9.62 Å². The summed E-state index contributed by atoms with van der Waals surface area (Å²) in [7, 11) is -4.14. The molecule has 224 valence electrons. The van der Waals surface area contributed by atoms with Crippen molar-refractivity contribution >= 4 is 50.7 Å². The normalized spacial score (nSPS) is 14.5. The third kappa shape index (κ3) is 7.46. The predicted octanol–water partition coefficient (Wildman–Crippen LogP) is 6.79. The Hall–Kier alpha value is -3.07. The fraction of sp³-hybridized carbons (Fsp3) is 0.375. The van der Waals surface area contributed by atoms with Gasteiger partial charge in [-0.15, -0.1) is 0 Å². The Morgan fingerprint density at radius 1 is 0.881 bits per heavy atom. The van der Waals surface area contributed by atoms with Gasteiger partial charge in [-0.3, -0.25) is 13.9 Å². The van der Waals surface area contributed by atoms with Crippen molar-refractivity contribution in [2.24, 2.45) is 0 Å². The highest BCUT2D eigenvalue weighted by Crippen LogP contribution is 2.29. The summed E-state index contributed by atoms with van der Waals surface area (Å²) in [6.07, 6.45) is 3.86. The number of nitrogens with one attached hydrogen (secondary N) is 1. The first-order valence-electron chi connectivity index (χ1n) is 14.2. The second kappa shape index (κ2) is 13.9. The second-order valence-corrected chi connectivity index (χ2v) is 13.6. The molecule has 0 aliphatic heterocycles. The van der Waals surface area contributed by atoms with Gasteiger partial charge in [0.1, 0.15) is 12.6 Å². The van der Waals surface area contributed by atoms with E-state index in [1.54, 1.807) is 55.5 Å². The van der Waals surface area contributed by atoms with Gasteiger partial charge in [0, 0.05) is 28.2 Å². The van der Waals surface area contributed by atoms with Crippen LogP contribution in [0.1, 0.15) is 63.5 Å². The fourth-order valence-electron chi connectivity index (χ4n) is 5.10. The van der Waals surface area contributed by atoms with E-state index in [-0.39, 0.29) is 29.3 Å². The number of nitrogens with zero attached hydrogens (tertiary/aromatic N) is 2. The van der Waals surface area contributed by atoms with Gasteiger partial charge >= 0.3 is 0 Å². The summed E-state index contributed by atoms with van der Waals surface area (Å²) in [5.74, 6) is -0.625. The minimum atomic E-state index is -4.14. The van der Waals surface area contributed by atoms with E-state index in [1.165, 1.54) is 17.0 Å². The average Bonchev–Trinajstić information content (AvgIpc) is 3.49. The Balaban J connectivity index is 1.72. The van der Waals surface area contributed by atoms with Crippen LogP contribution in [0.5, 0.6) is 0 Å². The molecule has 0 radical (unpaired) electrons. The quantitative estimate of drug-likeness (QED) is 0.253. The smallest absolute Gasteiger partial charge is 0.264 e. The minimum Gasteiger partial charge on any atom is -0.352 e. The van der Waals surface area contributed by atoms with Crippen LogP contribution in [0.25, 0.3) is 0 Å². The van der Waals surface area contributed by atoms with Crippen LogP contribution in [0.2, 0.25) is 10.0 Å². The Morgan fingerprint density at radius 3 is 2.05 bits per heavy atom. The van der Waals surface area contributed by atoms with E-state index in [9.17, 15) is 18.0 Å². The van der Waals surface area contributed by atoms with E-state index in [2.05, 4.69) is 5.32 Å². The maximum absolute atomic E-state index is 14.1. The zero-order chi connectivity index (χ0) is 30.4. The minimum absolute atomic E-state index is 0.0511.